The van der Waals surface area contributed by atoms with Crippen molar-refractivity contribution in [3.05, 3.63) is 41.8 Å². The molecule has 1 unspecified atom stereocenters. The Morgan fingerprint density at radius 3 is 2.82 bits per heavy atom. The van der Waals surface area contributed by atoms with Gasteiger partial charge in [0.1, 0.15) is 11.3 Å². The average Bonchev–Trinajstić information content (AvgIpc) is 2.88. The van der Waals surface area contributed by atoms with Crippen LogP contribution in [-0.4, -0.2) is 4.98 Å². The van der Waals surface area contributed by atoms with Crippen molar-refractivity contribution in [2.24, 2.45) is 5.92 Å². The standard InChI is InChI=1S/C20H25NO/c1-4-6-8-15(5-2)13-18-14(3)17-11-10-16-9-7-12-21-19(16)20(17)22-18/h7,9-12,15H,4-6,8,13H2,1-3H3. The molecule has 3 rings (SSSR count). The number of fused-ring (bicyclic) bond motifs is 3. The highest BCUT2D eigenvalue weighted by Gasteiger charge is 2.17. The van der Waals surface area contributed by atoms with E-state index in [1.54, 1.807) is 0 Å². The largest absolute Gasteiger partial charge is 0.458 e. The zero-order valence-electron chi connectivity index (χ0n) is 13.9. The summed E-state index contributed by atoms with van der Waals surface area (Å²) in [7, 11) is 0. The van der Waals surface area contributed by atoms with Crippen molar-refractivity contribution in [3.8, 4) is 0 Å². The van der Waals surface area contributed by atoms with Crippen LogP contribution in [0.4, 0.5) is 0 Å². The summed E-state index contributed by atoms with van der Waals surface area (Å²) in [6.45, 7) is 6.73. The Balaban J connectivity index is 2.00. The number of aromatic nitrogens is 1. The van der Waals surface area contributed by atoms with Crippen LogP contribution in [0.5, 0.6) is 0 Å². The summed E-state index contributed by atoms with van der Waals surface area (Å²) >= 11 is 0. The quantitative estimate of drug-likeness (QED) is 0.553. The van der Waals surface area contributed by atoms with Crippen molar-refractivity contribution in [2.45, 2.75) is 52.9 Å². The molecule has 2 aromatic heterocycles. The fourth-order valence-corrected chi connectivity index (χ4v) is 3.27. The van der Waals surface area contributed by atoms with E-state index in [4.69, 9.17) is 4.42 Å². The summed E-state index contributed by atoms with van der Waals surface area (Å²) in [5, 5.41) is 2.36. The molecule has 1 atom stereocenters. The normalized spacial score (nSPS) is 13.0. The van der Waals surface area contributed by atoms with Crippen molar-refractivity contribution in [2.75, 3.05) is 0 Å². The highest BCUT2D eigenvalue weighted by atomic mass is 16.3. The first-order valence-corrected chi connectivity index (χ1v) is 8.50. The van der Waals surface area contributed by atoms with Gasteiger partial charge in [-0.1, -0.05) is 57.7 Å². The second-order valence-electron chi connectivity index (χ2n) is 6.29. The number of hydrogen-bond donors (Lipinski definition) is 0. The Labute approximate surface area is 132 Å². The first-order valence-electron chi connectivity index (χ1n) is 8.50. The van der Waals surface area contributed by atoms with E-state index in [0.717, 1.165) is 34.6 Å². The smallest absolute Gasteiger partial charge is 0.160 e. The first kappa shape index (κ1) is 15.1. The maximum Gasteiger partial charge on any atom is 0.160 e. The molecule has 0 aliphatic rings. The number of unbranched alkanes of at least 4 members (excludes halogenated alkanes) is 1. The molecule has 22 heavy (non-hydrogen) atoms. The Kier molecular flexibility index (Phi) is 4.47. The van der Waals surface area contributed by atoms with Gasteiger partial charge < -0.3 is 4.42 Å². The van der Waals surface area contributed by atoms with Gasteiger partial charge in [0, 0.05) is 23.4 Å². The van der Waals surface area contributed by atoms with Crippen LogP contribution in [0.15, 0.2) is 34.9 Å². The van der Waals surface area contributed by atoms with Crippen molar-refractivity contribution >= 4 is 21.9 Å². The highest BCUT2D eigenvalue weighted by molar-refractivity contribution is 6.03. The molecule has 0 saturated carbocycles. The maximum atomic E-state index is 6.26. The second kappa shape index (κ2) is 6.51. The summed E-state index contributed by atoms with van der Waals surface area (Å²) in [5.74, 6) is 1.87. The van der Waals surface area contributed by atoms with Gasteiger partial charge in [0.05, 0.1) is 0 Å². The number of hydrogen-bond acceptors (Lipinski definition) is 2. The molecule has 0 aliphatic heterocycles. The third kappa shape index (κ3) is 2.75. The van der Waals surface area contributed by atoms with Gasteiger partial charge in [-0.05, 0) is 24.5 Å². The third-order valence-corrected chi connectivity index (χ3v) is 4.79. The number of rotatable bonds is 6. The second-order valence-corrected chi connectivity index (χ2v) is 6.29. The Bertz CT molecular complexity index is 772. The molecule has 3 aromatic rings. The van der Waals surface area contributed by atoms with E-state index in [1.165, 1.54) is 36.6 Å². The Morgan fingerprint density at radius 2 is 2.05 bits per heavy atom. The van der Waals surface area contributed by atoms with Gasteiger partial charge in [0.2, 0.25) is 0 Å². The molecule has 0 radical (unpaired) electrons. The molecule has 0 bridgehead atoms. The van der Waals surface area contributed by atoms with Crippen LogP contribution >= 0.6 is 0 Å². The third-order valence-electron chi connectivity index (χ3n) is 4.79. The van der Waals surface area contributed by atoms with Crippen LogP contribution in [0.1, 0.15) is 50.9 Å². The van der Waals surface area contributed by atoms with Gasteiger partial charge in [0.15, 0.2) is 5.58 Å². The molecular formula is C20H25NO. The van der Waals surface area contributed by atoms with Crippen LogP contribution in [0, 0.1) is 12.8 Å². The molecule has 0 saturated heterocycles. The Morgan fingerprint density at radius 1 is 1.18 bits per heavy atom. The van der Waals surface area contributed by atoms with E-state index in [1.807, 2.05) is 12.3 Å². The van der Waals surface area contributed by atoms with Crippen LogP contribution in [-0.2, 0) is 6.42 Å². The summed E-state index contributed by atoms with van der Waals surface area (Å²) < 4.78 is 6.26. The molecule has 0 N–H and O–H groups in total. The van der Waals surface area contributed by atoms with E-state index in [0.29, 0.717) is 0 Å². The monoisotopic (exact) mass is 295 g/mol. The van der Waals surface area contributed by atoms with Crippen LogP contribution in [0.2, 0.25) is 0 Å². The maximum absolute atomic E-state index is 6.26. The number of benzene rings is 1. The molecule has 2 heteroatoms. The van der Waals surface area contributed by atoms with Crippen LogP contribution < -0.4 is 0 Å². The molecule has 116 valence electrons. The predicted molar refractivity (Wildman–Crippen MR) is 93.3 cm³/mol. The van der Waals surface area contributed by atoms with Crippen LogP contribution in [0.25, 0.3) is 21.9 Å². The first-order chi connectivity index (χ1) is 10.7. The molecule has 2 heterocycles. The molecule has 1 aromatic carbocycles. The van der Waals surface area contributed by atoms with Crippen molar-refractivity contribution in [3.63, 3.8) is 0 Å². The van der Waals surface area contributed by atoms with Gasteiger partial charge in [-0.15, -0.1) is 0 Å². The minimum absolute atomic E-state index is 0.721. The lowest BCUT2D eigenvalue weighted by Gasteiger charge is -2.12. The van der Waals surface area contributed by atoms with Crippen LogP contribution in [0.3, 0.4) is 0 Å². The van der Waals surface area contributed by atoms with E-state index < -0.39 is 0 Å². The summed E-state index contributed by atoms with van der Waals surface area (Å²) in [6, 6.07) is 8.39. The molecule has 2 nitrogen and oxygen atoms in total. The van der Waals surface area contributed by atoms with Gasteiger partial charge in [-0.2, -0.15) is 0 Å². The molecule has 0 aliphatic carbocycles. The average molecular weight is 295 g/mol. The van der Waals surface area contributed by atoms with Gasteiger partial charge in [0.25, 0.3) is 0 Å². The van der Waals surface area contributed by atoms with E-state index >= 15 is 0 Å². The van der Waals surface area contributed by atoms with E-state index in [9.17, 15) is 0 Å². The van der Waals surface area contributed by atoms with Crippen molar-refractivity contribution < 1.29 is 4.42 Å². The van der Waals surface area contributed by atoms with Gasteiger partial charge in [-0.25, -0.2) is 0 Å². The lowest BCUT2D eigenvalue weighted by atomic mass is 9.93. The Hall–Kier alpha value is -1.83. The van der Waals surface area contributed by atoms with Crippen molar-refractivity contribution in [1.29, 1.82) is 0 Å². The summed E-state index contributed by atoms with van der Waals surface area (Å²) in [6.07, 6.45) is 7.98. The molecule has 0 fully saturated rings. The minimum atomic E-state index is 0.721. The zero-order valence-corrected chi connectivity index (χ0v) is 13.9. The fourth-order valence-electron chi connectivity index (χ4n) is 3.27. The molecular weight excluding hydrogens is 270 g/mol. The number of aryl methyl sites for hydroxylation is 1. The van der Waals surface area contributed by atoms with Gasteiger partial charge in [-0.3, -0.25) is 4.98 Å². The predicted octanol–water partition coefficient (Wildman–Crippen LogP) is 6.05. The van der Waals surface area contributed by atoms with Crippen molar-refractivity contribution in [1.82, 2.24) is 4.98 Å². The van der Waals surface area contributed by atoms with E-state index in [-0.39, 0.29) is 0 Å². The minimum Gasteiger partial charge on any atom is -0.458 e. The van der Waals surface area contributed by atoms with Gasteiger partial charge >= 0.3 is 0 Å². The van der Waals surface area contributed by atoms with E-state index in [2.05, 4.69) is 44.0 Å². The summed E-state index contributed by atoms with van der Waals surface area (Å²) in [5.41, 5.74) is 3.23. The zero-order chi connectivity index (χ0) is 15.5. The highest BCUT2D eigenvalue weighted by Crippen LogP contribution is 2.32. The number of pyridine rings is 1. The number of furan rings is 1. The lowest BCUT2D eigenvalue weighted by molar-refractivity contribution is 0.407. The SMILES string of the molecule is CCCCC(CC)Cc1oc2c(ccc3cccnc32)c1C. The molecule has 0 spiro atoms. The number of nitrogens with zero attached hydrogens (tertiary/aromatic N) is 1. The molecule has 0 amide bonds. The lowest BCUT2D eigenvalue weighted by Crippen LogP contribution is -2.03. The summed E-state index contributed by atoms with van der Waals surface area (Å²) in [4.78, 5) is 4.52. The topological polar surface area (TPSA) is 26.0 Å². The fraction of sp³-hybridized carbons (Fsp3) is 0.450.